The number of nitrogens with zero attached hydrogens (tertiary/aromatic N) is 3. The number of hydrogen-bond donors (Lipinski definition) is 2. The molecule has 0 radical (unpaired) electrons. The molecule has 0 aliphatic carbocycles. The van der Waals surface area contributed by atoms with E-state index in [1.807, 2.05) is 24.3 Å². The van der Waals surface area contributed by atoms with Gasteiger partial charge in [-0.15, -0.1) is 0 Å². The summed E-state index contributed by atoms with van der Waals surface area (Å²) in [5.41, 5.74) is 1.10. The second kappa shape index (κ2) is 13.1. The summed E-state index contributed by atoms with van der Waals surface area (Å²) in [6.07, 6.45) is 2.42. The van der Waals surface area contributed by atoms with Gasteiger partial charge in [0.25, 0.3) is 0 Å². The Hall–Kier alpha value is -2.32. The quantitative estimate of drug-likeness (QED) is 0.320. The van der Waals surface area contributed by atoms with Crippen LogP contribution in [0.25, 0.3) is 0 Å². The highest BCUT2D eigenvalue weighted by molar-refractivity contribution is 5.84. The topological polar surface area (TPSA) is 78.4 Å². The Kier molecular flexibility index (Phi) is 10.4. The minimum absolute atomic E-state index is 0.0251. The van der Waals surface area contributed by atoms with Crippen LogP contribution in [-0.4, -0.2) is 88.2 Å². The third kappa shape index (κ3) is 8.20. The van der Waals surface area contributed by atoms with Crippen LogP contribution in [0.5, 0.6) is 5.75 Å². The van der Waals surface area contributed by atoms with Gasteiger partial charge in [-0.2, -0.15) is 0 Å². The molecular formula is C22H37N5O3. The highest BCUT2D eigenvalue weighted by atomic mass is 16.5. The molecular weight excluding hydrogens is 382 g/mol. The number of aliphatic imine (C=N–C) groups is 1. The Balaban J connectivity index is 1.77. The molecule has 0 spiro atoms. The fraction of sp³-hybridized carbons (Fsp3) is 0.636. The Morgan fingerprint density at radius 3 is 2.70 bits per heavy atom. The number of likely N-dealkylation sites (N-methyl/N-ethyl adjacent to an activating group) is 2. The molecule has 1 atom stereocenters. The zero-order chi connectivity index (χ0) is 21.8. The lowest BCUT2D eigenvalue weighted by Gasteiger charge is -2.24. The fourth-order valence-electron chi connectivity index (χ4n) is 3.37. The molecule has 0 saturated carbocycles. The van der Waals surface area contributed by atoms with Crippen molar-refractivity contribution < 1.29 is 14.3 Å². The van der Waals surface area contributed by atoms with Crippen molar-refractivity contribution in [2.45, 2.75) is 32.4 Å². The molecule has 1 aromatic rings. The molecule has 1 saturated heterocycles. The molecule has 1 aliphatic heterocycles. The van der Waals surface area contributed by atoms with Crippen molar-refractivity contribution in [3.63, 3.8) is 0 Å². The third-order valence-electron chi connectivity index (χ3n) is 5.25. The monoisotopic (exact) mass is 419 g/mol. The first kappa shape index (κ1) is 24.0. The number of hydrogen-bond acceptors (Lipinski definition) is 5. The van der Waals surface area contributed by atoms with Crippen LogP contribution in [0.15, 0.2) is 29.3 Å². The molecule has 1 unspecified atom stereocenters. The normalized spacial score (nSPS) is 17.1. The molecule has 1 aromatic carbocycles. The van der Waals surface area contributed by atoms with Gasteiger partial charge in [0.05, 0.1) is 20.3 Å². The first-order valence-electron chi connectivity index (χ1n) is 10.7. The van der Waals surface area contributed by atoms with Gasteiger partial charge in [-0.25, -0.2) is 4.99 Å². The van der Waals surface area contributed by atoms with E-state index < -0.39 is 0 Å². The molecule has 0 aromatic heterocycles. The van der Waals surface area contributed by atoms with Crippen LogP contribution in [0.4, 0.5) is 0 Å². The van der Waals surface area contributed by atoms with Crippen LogP contribution in [0.2, 0.25) is 0 Å². The lowest BCUT2D eigenvalue weighted by atomic mass is 10.2. The largest absolute Gasteiger partial charge is 0.497 e. The van der Waals surface area contributed by atoms with Crippen LogP contribution in [0.3, 0.4) is 0 Å². The predicted octanol–water partition coefficient (Wildman–Crippen LogP) is 1.32. The van der Waals surface area contributed by atoms with E-state index in [0.29, 0.717) is 31.8 Å². The van der Waals surface area contributed by atoms with Crippen molar-refractivity contribution in [1.29, 1.82) is 0 Å². The number of ether oxygens (including phenoxy) is 2. The number of amides is 1. The van der Waals surface area contributed by atoms with E-state index in [1.54, 1.807) is 26.1 Å². The standard InChI is InChI=1S/C22H37N5O3/c1-5-27-13-6-7-19(27)15-24-22(25-16-21(28)26(2)3)23-12-14-30-17-18-8-10-20(29-4)11-9-18/h8-11,19H,5-7,12-17H2,1-4H3,(H2,23,24,25). The number of methoxy groups -OCH3 is 1. The van der Waals surface area contributed by atoms with Gasteiger partial charge in [0.1, 0.15) is 12.3 Å². The zero-order valence-electron chi connectivity index (χ0n) is 18.8. The molecule has 1 aliphatic rings. The molecule has 2 rings (SSSR count). The average Bonchev–Trinajstić information content (AvgIpc) is 3.22. The van der Waals surface area contributed by atoms with Crippen LogP contribution < -0.4 is 15.4 Å². The first-order chi connectivity index (χ1) is 14.5. The number of benzene rings is 1. The van der Waals surface area contributed by atoms with Gasteiger partial charge in [-0.1, -0.05) is 19.1 Å². The summed E-state index contributed by atoms with van der Waals surface area (Å²) < 4.78 is 10.9. The number of carbonyl (C=O) groups excluding carboxylic acids is 1. The van der Waals surface area contributed by atoms with E-state index in [1.165, 1.54) is 12.8 Å². The molecule has 168 valence electrons. The minimum Gasteiger partial charge on any atom is -0.497 e. The maximum atomic E-state index is 11.9. The van der Waals surface area contributed by atoms with Gasteiger partial charge in [-0.3, -0.25) is 9.69 Å². The first-order valence-corrected chi connectivity index (χ1v) is 10.7. The van der Waals surface area contributed by atoms with Gasteiger partial charge < -0.3 is 25.0 Å². The summed E-state index contributed by atoms with van der Waals surface area (Å²) in [5, 5.41) is 6.68. The Morgan fingerprint density at radius 2 is 2.03 bits per heavy atom. The molecule has 30 heavy (non-hydrogen) atoms. The van der Waals surface area contributed by atoms with Crippen LogP contribution in [-0.2, 0) is 16.1 Å². The molecule has 8 heteroatoms. The fourth-order valence-corrected chi connectivity index (χ4v) is 3.37. The second-order valence-corrected chi connectivity index (χ2v) is 7.59. The SMILES string of the molecule is CCN1CCCC1CNC(=NCC(=O)N(C)C)NCCOCc1ccc(OC)cc1. The summed E-state index contributed by atoms with van der Waals surface area (Å²) >= 11 is 0. The van der Waals surface area contributed by atoms with Crippen LogP contribution in [0.1, 0.15) is 25.3 Å². The molecule has 8 nitrogen and oxygen atoms in total. The zero-order valence-corrected chi connectivity index (χ0v) is 18.8. The molecule has 1 amide bonds. The summed E-state index contributed by atoms with van der Waals surface area (Å²) in [6, 6.07) is 8.35. The van der Waals surface area contributed by atoms with E-state index >= 15 is 0 Å². The van der Waals surface area contributed by atoms with Gasteiger partial charge in [0.15, 0.2) is 5.96 Å². The van der Waals surface area contributed by atoms with Gasteiger partial charge in [-0.05, 0) is 43.6 Å². The van der Waals surface area contributed by atoms with E-state index in [2.05, 4.69) is 27.4 Å². The molecule has 1 heterocycles. The maximum Gasteiger partial charge on any atom is 0.243 e. The molecule has 1 fully saturated rings. The van der Waals surface area contributed by atoms with Gasteiger partial charge in [0, 0.05) is 33.2 Å². The number of carbonyl (C=O) groups is 1. The Labute approximate surface area is 180 Å². The Morgan fingerprint density at radius 1 is 1.27 bits per heavy atom. The van der Waals surface area contributed by atoms with Crippen LogP contribution >= 0.6 is 0 Å². The average molecular weight is 420 g/mol. The summed E-state index contributed by atoms with van der Waals surface area (Å²) in [7, 11) is 5.13. The van der Waals surface area contributed by atoms with Crippen molar-refractivity contribution in [2.24, 2.45) is 4.99 Å². The Bertz CT molecular complexity index is 663. The predicted molar refractivity (Wildman–Crippen MR) is 120 cm³/mol. The summed E-state index contributed by atoms with van der Waals surface area (Å²) in [4.78, 5) is 20.4. The van der Waals surface area contributed by atoms with E-state index in [0.717, 1.165) is 30.9 Å². The second-order valence-electron chi connectivity index (χ2n) is 7.59. The van der Waals surface area contributed by atoms with Gasteiger partial charge >= 0.3 is 0 Å². The molecule has 0 bridgehead atoms. The van der Waals surface area contributed by atoms with Crippen molar-refractivity contribution in [1.82, 2.24) is 20.4 Å². The minimum atomic E-state index is -0.0251. The van der Waals surface area contributed by atoms with E-state index in [4.69, 9.17) is 9.47 Å². The maximum absolute atomic E-state index is 11.9. The number of nitrogens with one attached hydrogen (secondary N) is 2. The molecule has 2 N–H and O–H groups in total. The summed E-state index contributed by atoms with van der Waals surface area (Å²) in [5.74, 6) is 1.47. The van der Waals surface area contributed by atoms with E-state index in [-0.39, 0.29) is 12.5 Å². The lowest BCUT2D eigenvalue weighted by Crippen LogP contribution is -2.46. The lowest BCUT2D eigenvalue weighted by molar-refractivity contribution is -0.127. The summed E-state index contributed by atoms with van der Waals surface area (Å²) in [6.45, 7) is 7.05. The van der Waals surface area contributed by atoms with Crippen molar-refractivity contribution in [2.75, 3.05) is 60.5 Å². The number of rotatable bonds is 11. The number of likely N-dealkylation sites (tertiary alicyclic amines) is 1. The van der Waals surface area contributed by atoms with Crippen molar-refractivity contribution in [3.8, 4) is 5.75 Å². The smallest absolute Gasteiger partial charge is 0.243 e. The van der Waals surface area contributed by atoms with Gasteiger partial charge in [0.2, 0.25) is 5.91 Å². The van der Waals surface area contributed by atoms with Crippen LogP contribution in [0, 0.1) is 0 Å². The highest BCUT2D eigenvalue weighted by Gasteiger charge is 2.22. The highest BCUT2D eigenvalue weighted by Crippen LogP contribution is 2.15. The van der Waals surface area contributed by atoms with E-state index in [9.17, 15) is 4.79 Å². The third-order valence-corrected chi connectivity index (χ3v) is 5.25. The van der Waals surface area contributed by atoms with Crippen molar-refractivity contribution >= 4 is 11.9 Å². The van der Waals surface area contributed by atoms with Crippen molar-refractivity contribution in [3.05, 3.63) is 29.8 Å². The number of guanidine groups is 1.